The van der Waals surface area contributed by atoms with Gasteiger partial charge >= 0.3 is 0 Å². The predicted molar refractivity (Wildman–Crippen MR) is 77.5 cm³/mol. The van der Waals surface area contributed by atoms with Crippen molar-refractivity contribution in [2.75, 3.05) is 13.1 Å². The first-order chi connectivity index (χ1) is 9.33. The Morgan fingerprint density at radius 1 is 0.789 bits per heavy atom. The van der Waals surface area contributed by atoms with Crippen LogP contribution >= 0.6 is 0 Å². The van der Waals surface area contributed by atoms with E-state index in [-0.39, 0.29) is 0 Å². The number of hydrogen-bond donors (Lipinski definition) is 1. The Labute approximate surface area is 115 Å². The summed E-state index contributed by atoms with van der Waals surface area (Å²) in [5.74, 6) is 1.80. The number of carbonyl (C=O) groups excluding carboxylic acids is 1. The van der Waals surface area contributed by atoms with Crippen LogP contribution in [0.25, 0.3) is 0 Å². The van der Waals surface area contributed by atoms with Crippen LogP contribution in [0.1, 0.15) is 61.5 Å². The number of ketones is 1. The van der Waals surface area contributed by atoms with E-state index in [1.54, 1.807) is 0 Å². The maximum atomic E-state index is 11.3. The number of Topliss-reactive ketones (excluding diaryl/α,β-unsaturated/α-hetero) is 1. The molecule has 1 saturated heterocycles. The Hall–Kier alpha value is -1.15. The first-order valence-electron chi connectivity index (χ1n) is 7.65. The number of rotatable bonds is 2. The van der Waals surface area contributed by atoms with Gasteiger partial charge in [-0.1, -0.05) is 24.3 Å². The molecule has 1 N–H and O–H groups in total. The lowest BCUT2D eigenvalue weighted by Gasteiger charge is -2.25. The van der Waals surface area contributed by atoms with Crippen molar-refractivity contribution in [1.29, 1.82) is 0 Å². The maximum absolute atomic E-state index is 11.3. The third-order valence-corrected chi connectivity index (χ3v) is 4.76. The molecule has 0 atom stereocenters. The van der Waals surface area contributed by atoms with E-state index >= 15 is 0 Å². The van der Waals surface area contributed by atoms with Gasteiger partial charge in [-0.15, -0.1) is 0 Å². The molecule has 3 rings (SSSR count). The summed E-state index contributed by atoms with van der Waals surface area (Å²) < 4.78 is 0. The van der Waals surface area contributed by atoms with Crippen molar-refractivity contribution < 1.29 is 4.79 Å². The molecule has 1 saturated carbocycles. The molecule has 2 nitrogen and oxygen atoms in total. The van der Waals surface area contributed by atoms with Crippen LogP contribution in [0.3, 0.4) is 0 Å². The van der Waals surface area contributed by atoms with Gasteiger partial charge in [0.2, 0.25) is 0 Å². The smallest absolute Gasteiger partial charge is 0.132 e. The fraction of sp³-hybridized carbons (Fsp3) is 0.588. The molecular weight excluding hydrogens is 234 g/mol. The summed E-state index contributed by atoms with van der Waals surface area (Å²) in [5, 5.41) is 3.42. The topological polar surface area (TPSA) is 29.1 Å². The summed E-state index contributed by atoms with van der Waals surface area (Å²) in [6.07, 6.45) is 6.17. The Balaban J connectivity index is 1.66. The largest absolute Gasteiger partial charge is 0.317 e. The summed E-state index contributed by atoms with van der Waals surface area (Å²) in [6, 6.07) is 9.25. The van der Waals surface area contributed by atoms with E-state index in [0.29, 0.717) is 11.7 Å². The number of carbonyl (C=O) groups is 1. The van der Waals surface area contributed by atoms with Crippen molar-refractivity contribution in [2.24, 2.45) is 0 Å². The van der Waals surface area contributed by atoms with Crippen molar-refractivity contribution in [1.82, 2.24) is 5.32 Å². The van der Waals surface area contributed by atoms with Gasteiger partial charge in [0.1, 0.15) is 5.78 Å². The predicted octanol–water partition coefficient (Wildman–Crippen LogP) is 3.38. The molecule has 1 aromatic carbocycles. The average Bonchev–Trinajstić information content (AvgIpc) is 2.49. The summed E-state index contributed by atoms with van der Waals surface area (Å²) >= 11 is 0. The van der Waals surface area contributed by atoms with Crippen LogP contribution in [0, 0.1) is 0 Å². The first kappa shape index (κ1) is 12.9. The zero-order valence-electron chi connectivity index (χ0n) is 11.5. The van der Waals surface area contributed by atoms with Crippen molar-refractivity contribution >= 4 is 5.78 Å². The van der Waals surface area contributed by atoms with Gasteiger partial charge in [-0.2, -0.15) is 0 Å². The SMILES string of the molecule is O=C1CCC(c2ccc(C3CCNCC3)cc2)CC1. The molecule has 0 spiro atoms. The van der Waals surface area contributed by atoms with Crippen LogP contribution in [0.15, 0.2) is 24.3 Å². The minimum atomic E-state index is 0.447. The fourth-order valence-corrected chi connectivity index (χ4v) is 3.47. The highest BCUT2D eigenvalue weighted by Crippen LogP contribution is 2.33. The van der Waals surface area contributed by atoms with Gasteiger partial charge in [-0.3, -0.25) is 4.79 Å². The van der Waals surface area contributed by atoms with E-state index in [2.05, 4.69) is 29.6 Å². The van der Waals surface area contributed by atoms with Gasteiger partial charge in [0, 0.05) is 12.8 Å². The van der Waals surface area contributed by atoms with E-state index in [0.717, 1.165) is 44.7 Å². The van der Waals surface area contributed by atoms with E-state index in [4.69, 9.17) is 0 Å². The highest BCUT2D eigenvalue weighted by atomic mass is 16.1. The number of hydrogen-bond acceptors (Lipinski definition) is 2. The highest BCUT2D eigenvalue weighted by Gasteiger charge is 2.21. The van der Waals surface area contributed by atoms with E-state index in [9.17, 15) is 4.79 Å². The molecule has 19 heavy (non-hydrogen) atoms. The Morgan fingerprint density at radius 3 is 1.79 bits per heavy atom. The van der Waals surface area contributed by atoms with Gasteiger partial charge in [0.05, 0.1) is 0 Å². The number of nitrogens with one attached hydrogen (secondary N) is 1. The minimum absolute atomic E-state index is 0.447. The lowest BCUT2D eigenvalue weighted by molar-refractivity contribution is -0.120. The van der Waals surface area contributed by atoms with E-state index in [1.807, 2.05) is 0 Å². The molecule has 102 valence electrons. The van der Waals surface area contributed by atoms with Crippen molar-refractivity contribution in [3.8, 4) is 0 Å². The van der Waals surface area contributed by atoms with E-state index < -0.39 is 0 Å². The summed E-state index contributed by atoms with van der Waals surface area (Å²) in [7, 11) is 0. The number of benzene rings is 1. The molecule has 1 aliphatic heterocycles. The second-order valence-electron chi connectivity index (χ2n) is 6.00. The Kier molecular flexibility index (Phi) is 3.97. The molecule has 0 aromatic heterocycles. The zero-order chi connectivity index (χ0) is 13.1. The average molecular weight is 257 g/mol. The molecule has 1 aliphatic carbocycles. The van der Waals surface area contributed by atoms with Crippen LogP contribution in [0.5, 0.6) is 0 Å². The summed E-state index contributed by atoms with van der Waals surface area (Å²) in [4.78, 5) is 11.3. The molecule has 0 amide bonds. The quantitative estimate of drug-likeness (QED) is 0.880. The van der Waals surface area contributed by atoms with Gasteiger partial charge in [0.25, 0.3) is 0 Å². The third kappa shape index (κ3) is 3.06. The summed E-state index contributed by atoms with van der Waals surface area (Å²) in [6.45, 7) is 2.30. The molecule has 2 fully saturated rings. The van der Waals surface area contributed by atoms with Gasteiger partial charge < -0.3 is 5.32 Å². The van der Waals surface area contributed by atoms with E-state index in [1.165, 1.54) is 24.0 Å². The van der Waals surface area contributed by atoms with Crippen LogP contribution < -0.4 is 5.32 Å². The molecular formula is C17H23NO. The maximum Gasteiger partial charge on any atom is 0.132 e. The second kappa shape index (κ2) is 5.87. The molecule has 1 aromatic rings. The standard InChI is InChI=1S/C17H23NO/c19-17-7-5-15(6-8-17)13-1-3-14(4-2-13)16-9-11-18-12-10-16/h1-4,15-16,18H,5-12H2. The molecule has 2 heteroatoms. The second-order valence-corrected chi connectivity index (χ2v) is 6.00. The Bertz CT molecular complexity index is 421. The molecule has 1 heterocycles. The third-order valence-electron chi connectivity index (χ3n) is 4.76. The zero-order valence-corrected chi connectivity index (χ0v) is 11.5. The van der Waals surface area contributed by atoms with Crippen molar-refractivity contribution in [3.63, 3.8) is 0 Å². The van der Waals surface area contributed by atoms with Crippen LogP contribution in [0.2, 0.25) is 0 Å². The fourth-order valence-electron chi connectivity index (χ4n) is 3.47. The first-order valence-corrected chi connectivity index (χ1v) is 7.65. The lowest BCUT2D eigenvalue weighted by atomic mass is 9.82. The Morgan fingerprint density at radius 2 is 1.26 bits per heavy atom. The monoisotopic (exact) mass is 257 g/mol. The van der Waals surface area contributed by atoms with Gasteiger partial charge in [-0.05, 0) is 61.7 Å². The van der Waals surface area contributed by atoms with Crippen LogP contribution in [-0.4, -0.2) is 18.9 Å². The normalized spacial score (nSPS) is 22.6. The molecule has 2 aliphatic rings. The highest BCUT2D eigenvalue weighted by molar-refractivity contribution is 5.79. The van der Waals surface area contributed by atoms with Crippen LogP contribution in [-0.2, 0) is 4.79 Å². The van der Waals surface area contributed by atoms with Crippen molar-refractivity contribution in [3.05, 3.63) is 35.4 Å². The van der Waals surface area contributed by atoms with Gasteiger partial charge in [0.15, 0.2) is 0 Å². The minimum Gasteiger partial charge on any atom is -0.317 e. The molecule has 0 unspecified atom stereocenters. The lowest BCUT2D eigenvalue weighted by Crippen LogP contribution is -2.26. The number of piperidine rings is 1. The summed E-state index contributed by atoms with van der Waals surface area (Å²) in [5.41, 5.74) is 2.93. The molecule has 0 bridgehead atoms. The van der Waals surface area contributed by atoms with Gasteiger partial charge in [-0.25, -0.2) is 0 Å². The van der Waals surface area contributed by atoms with Crippen molar-refractivity contribution in [2.45, 2.75) is 50.4 Å². The van der Waals surface area contributed by atoms with Crippen LogP contribution in [0.4, 0.5) is 0 Å². The molecule has 0 radical (unpaired) electrons.